The number of amides is 2. The fourth-order valence-electron chi connectivity index (χ4n) is 3.52. The molecular formula is C17H32N2O3. The molecule has 0 bridgehead atoms. The van der Waals surface area contributed by atoms with Crippen LogP contribution in [-0.2, 0) is 9.47 Å². The summed E-state index contributed by atoms with van der Waals surface area (Å²) >= 11 is 0. The maximum Gasteiger partial charge on any atom is 0.317 e. The zero-order valence-corrected chi connectivity index (χ0v) is 14.5. The molecule has 2 atom stereocenters. The molecular weight excluding hydrogens is 280 g/mol. The summed E-state index contributed by atoms with van der Waals surface area (Å²) in [7, 11) is 1.73. The highest BCUT2D eigenvalue weighted by Gasteiger charge is 2.30. The fraction of sp³-hybridized carbons (Fsp3) is 0.941. The molecule has 2 unspecified atom stereocenters. The first-order valence-electron chi connectivity index (χ1n) is 8.73. The van der Waals surface area contributed by atoms with Crippen molar-refractivity contribution >= 4 is 6.03 Å². The van der Waals surface area contributed by atoms with E-state index in [1.54, 1.807) is 7.11 Å². The molecule has 2 amide bonds. The van der Waals surface area contributed by atoms with Crippen molar-refractivity contribution in [3.8, 4) is 0 Å². The SMILES string of the molecule is COC1CN(C(=O)NC2CCC(OC(C)C)CC2)CCC1C. The lowest BCUT2D eigenvalue weighted by Crippen LogP contribution is -2.52. The Balaban J connectivity index is 1.74. The molecule has 0 radical (unpaired) electrons. The third kappa shape index (κ3) is 4.85. The molecule has 0 aromatic carbocycles. The van der Waals surface area contributed by atoms with Crippen molar-refractivity contribution in [3.63, 3.8) is 0 Å². The number of ether oxygens (including phenoxy) is 2. The van der Waals surface area contributed by atoms with E-state index in [4.69, 9.17) is 9.47 Å². The fourth-order valence-corrected chi connectivity index (χ4v) is 3.52. The lowest BCUT2D eigenvalue weighted by atomic mass is 9.92. The lowest BCUT2D eigenvalue weighted by Gasteiger charge is -2.37. The highest BCUT2D eigenvalue weighted by atomic mass is 16.5. The molecule has 2 fully saturated rings. The molecule has 1 N–H and O–H groups in total. The Morgan fingerprint density at radius 2 is 1.86 bits per heavy atom. The van der Waals surface area contributed by atoms with Crippen LogP contribution in [-0.4, -0.2) is 55.5 Å². The van der Waals surface area contributed by atoms with Gasteiger partial charge in [0.25, 0.3) is 0 Å². The molecule has 1 aliphatic heterocycles. The predicted octanol–water partition coefficient (Wildman–Crippen LogP) is 2.79. The quantitative estimate of drug-likeness (QED) is 0.868. The first-order valence-corrected chi connectivity index (χ1v) is 8.73. The number of rotatable bonds is 4. The Hall–Kier alpha value is -0.810. The average Bonchev–Trinajstić information content (AvgIpc) is 2.49. The van der Waals surface area contributed by atoms with E-state index >= 15 is 0 Å². The predicted molar refractivity (Wildman–Crippen MR) is 86.9 cm³/mol. The summed E-state index contributed by atoms with van der Waals surface area (Å²) < 4.78 is 11.3. The van der Waals surface area contributed by atoms with Crippen LogP contribution in [0.15, 0.2) is 0 Å². The molecule has 0 aromatic heterocycles. The van der Waals surface area contributed by atoms with E-state index in [0.29, 0.717) is 24.6 Å². The number of urea groups is 1. The summed E-state index contributed by atoms with van der Waals surface area (Å²) in [6, 6.07) is 0.363. The summed E-state index contributed by atoms with van der Waals surface area (Å²) in [6.45, 7) is 7.89. The van der Waals surface area contributed by atoms with Gasteiger partial charge >= 0.3 is 6.03 Å². The van der Waals surface area contributed by atoms with E-state index in [0.717, 1.165) is 38.6 Å². The van der Waals surface area contributed by atoms with Crippen molar-refractivity contribution in [1.82, 2.24) is 10.2 Å². The van der Waals surface area contributed by atoms with Gasteiger partial charge in [-0.1, -0.05) is 6.92 Å². The largest absolute Gasteiger partial charge is 0.379 e. The Labute approximate surface area is 134 Å². The smallest absolute Gasteiger partial charge is 0.317 e. The van der Waals surface area contributed by atoms with E-state index in [1.165, 1.54) is 0 Å². The van der Waals surface area contributed by atoms with Crippen molar-refractivity contribution < 1.29 is 14.3 Å². The third-order valence-corrected chi connectivity index (χ3v) is 4.95. The number of carbonyl (C=O) groups is 1. The monoisotopic (exact) mass is 312 g/mol. The number of hydrogen-bond acceptors (Lipinski definition) is 3. The van der Waals surface area contributed by atoms with Crippen LogP contribution in [0.3, 0.4) is 0 Å². The van der Waals surface area contributed by atoms with Gasteiger partial charge in [-0.3, -0.25) is 0 Å². The van der Waals surface area contributed by atoms with E-state index in [1.807, 2.05) is 4.90 Å². The molecule has 1 aliphatic carbocycles. The van der Waals surface area contributed by atoms with Gasteiger partial charge in [-0.05, 0) is 51.9 Å². The van der Waals surface area contributed by atoms with Crippen molar-refractivity contribution in [2.24, 2.45) is 5.92 Å². The molecule has 0 spiro atoms. The first kappa shape index (κ1) is 17.5. The lowest BCUT2D eigenvalue weighted by molar-refractivity contribution is -0.0166. The third-order valence-electron chi connectivity index (χ3n) is 4.95. The number of likely N-dealkylation sites (tertiary alicyclic amines) is 1. The topological polar surface area (TPSA) is 50.8 Å². The molecule has 2 aliphatic rings. The van der Waals surface area contributed by atoms with E-state index in [9.17, 15) is 4.79 Å². The van der Waals surface area contributed by atoms with Crippen molar-refractivity contribution in [2.45, 2.75) is 77.2 Å². The second-order valence-corrected chi connectivity index (χ2v) is 7.09. The minimum Gasteiger partial charge on any atom is -0.379 e. The molecule has 22 heavy (non-hydrogen) atoms. The molecule has 0 aromatic rings. The van der Waals surface area contributed by atoms with Crippen LogP contribution in [0, 0.1) is 5.92 Å². The van der Waals surface area contributed by atoms with Gasteiger partial charge in [-0.15, -0.1) is 0 Å². The summed E-state index contributed by atoms with van der Waals surface area (Å²) in [4.78, 5) is 14.3. The van der Waals surface area contributed by atoms with Gasteiger partial charge in [-0.2, -0.15) is 0 Å². The Morgan fingerprint density at radius 1 is 1.18 bits per heavy atom. The summed E-state index contributed by atoms with van der Waals surface area (Å²) in [5, 5.41) is 3.20. The maximum absolute atomic E-state index is 12.4. The van der Waals surface area contributed by atoms with Crippen molar-refractivity contribution in [3.05, 3.63) is 0 Å². The summed E-state index contributed by atoms with van der Waals surface area (Å²) in [5.74, 6) is 0.526. The van der Waals surface area contributed by atoms with Crippen LogP contribution < -0.4 is 5.32 Å². The number of hydrogen-bond donors (Lipinski definition) is 1. The normalized spacial score (nSPS) is 33.0. The van der Waals surface area contributed by atoms with Gasteiger partial charge in [0.15, 0.2) is 0 Å². The molecule has 5 nitrogen and oxygen atoms in total. The van der Waals surface area contributed by atoms with E-state index < -0.39 is 0 Å². The number of nitrogens with zero attached hydrogens (tertiary/aromatic N) is 1. The molecule has 1 heterocycles. The highest BCUT2D eigenvalue weighted by Crippen LogP contribution is 2.23. The minimum absolute atomic E-state index is 0.0715. The second-order valence-electron chi connectivity index (χ2n) is 7.09. The van der Waals surface area contributed by atoms with Gasteiger partial charge in [-0.25, -0.2) is 4.79 Å². The minimum atomic E-state index is 0.0715. The molecule has 1 saturated heterocycles. The highest BCUT2D eigenvalue weighted by molar-refractivity contribution is 5.74. The maximum atomic E-state index is 12.4. The van der Waals surface area contributed by atoms with Gasteiger partial charge in [0.2, 0.25) is 0 Å². The number of piperidine rings is 1. The zero-order chi connectivity index (χ0) is 16.1. The van der Waals surface area contributed by atoms with E-state index in [2.05, 4.69) is 26.1 Å². The van der Waals surface area contributed by atoms with Gasteiger partial charge in [0, 0.05) is 26.2 Å². The Kier molecular flexibility index (Phi) is 6.50. The number of carbonyl (C=O) groups excluding carboxylic acids is 1. The molecule has 1 saturated carbocycles. The van der Waals surface area contributed by atoms with Crippen LogP contribution in [0.1, 0.15) is 52.9 Å². The zero-order valence-electron chi connectivity index (χ0n) is 14.5. The standard InChI is InChI=1S/C17H32N2O3/c1-12(2)22-15-7-5-14(6-8-15)18-17(20)19-10-9-13(3)16(11-19)21-4/h12-16H,5-11H2,1-4H3,(H,18,20). The van der Waals surface area contributed by atoms with Gasteiger partial charge in [0.1, 0.15) is 0 Å². The van der Waals surface area contributed by atoms with Crippen molar-refractivity contribution in [1.29, 1.82) is 0 Å². The first-order chi connectivity index (χ1) is 10.5. The Morgan fingerprint density at radius 3 is 2.45 bits per heavy atom. The molecule has 5 heteroatoms. The van der Waals surface area contributed by atoms with Crippen LogP contribution in [0.25, 0.3) is 0 Å². The van der Waals surface area contributed by atoms with Crippen LogP contribution in [0.5, 0.6) is 0 Å². The summed E-state index contributed by atoms with van der Waals surface area (Å²) in [5.41, 5.74) is 0. The average molecular weight is 312 g/mol. The van der Waals surface area contributed by atoms with Crippen LogP contribution >= 0.6 is 0 Å². The van der Waals surface area contributed by atoms with Crippen molar-refractivity contribution in [2.75, 3.05) is 20.2 Å². The molecule has 128 valence electrons. The van der Waals surface area contributed by atoms with Crippen LogP contribution in [0.4, 0.5) is 4.79 Å². The van der Waals surface area contributed by atoms with Gasteiger partial charge < -0.3 is 19.7 Å². The number of methoxy groups -OCH3 is 1. The second kappa shape index (κ2) is 8.16. The number of nitrogens with one attached hydrogen (secondary N) is 1. The molecule has 2 rings (SSSR count). The van der Waals surface area contributed by atoms with E-state index in [-0.39, 0.29) is 18.2 Å². The Bertz CT molecular complexity index is 354. The van der Waals surface area contributed by atoms with Crippen LogP contribution in [0.2, 0.25) is 0 Å². The summed E-state index contributed by atoms with van der Waals surface area (Å²) in [6.07, 6.45) is 5.94. The van der Waals surface area contributed by atoms with Gasteiger partial charge in [0.05, 0.1) is 18.3 Å².